The average Bonchev–Trinajstić information content (AvgIpc) is 3.11. The second-order valence-electron chi connectivity index (χ2n) is 6.13. The van der Waals surface area contributed by atoms with Crippen molar-refractivity contribution in [3.05, 3.63) is 35.9 Å². The fourth-order valence-electron chi connectivity index (χ4n) is 3.05. The highest BCUT2D eigenvalue weighted by molar-refractivity contribution is 5.92. The summed E-state index contributed by atoms with van der Waals surface area (Å²) in [6, 6.07) is 8.06. The van der Waals surface area contributed by atoms with Gasteiger partial charge in [-0.1, -0.05) is 12.1 Å². The Labute approximate surface area is 165 Å². The summed E-state index contributed by atoms with van der Waals surface area (Å²) in [6.45, 7) is 4.11. The van der Waals surface area contributed by atoms with E-state index < -0.39 is 11.9 Å². The SMILES string of the molecule is Cl.Cl.O=C(O)C1CCN(C(=O)/C=C/c2ccc(N3CCOCC3)cc2)C1. The first-order valence-corrected chi connectivity index (χ1v) is 8.26. The summed E-state index contributed by atoms with van der Waals surface area (Å²) in [5.41, 5.74) is 2.11. The first-order valence-electron chi connectivity index (χ1n) is 8.26. The molecule has 1 N–H and O–H groups in total. The van der Waals surface area contributed by atoms with E-state index in [1.807, 2.05) is 24.3 Å². The zero-order valence-electron chi connectivity index (χ0n) is 14.4. The molecule has 1 aromatic carbocycles. The van der Waals surface area contributed by atoms with Gasteiger partial charge in [0.25, 0.3) is 0 Å². The molecular formula is C18H24Cl2N2O4. The van der Waals surface area contributed by atoms with Crippen LogP contribution in [0.3, 0.4) is 0 Å². The number of hydrogen-bond donors (Lipinski definition) is 1. The van der Waals surface area contributed by atoms with Crippen LogP contribution in [0.5, 0.6) is 0 Å². The maximum Gasteiger partial charge on any atom is 0.308 e. The first kappa shape index (κ1) is 22.3. The van der Waals surface area contributed by atoms with E-state index in [1.165, 1.54) is 6.08 Å². The molecule has 0 spiro atoms. The molecule has 1 unspecified atom stereocenters. The predicted octanol–water partition coefficient (Wildman–Crippen LogP) is 2.31. The van der Waals surface area contributed by atoms with Crippen LogP contribution >= 0.6 is 24.8 Å². The van der Waals surface area contributed by atoms with Crippen molar-refractivity contribution in [2.75, 3.05) is 44.3 Å². The number of carboxylic acid groups (broad SMARTS) is 1. The van der Waals surface area contributed by atoms with Crippen molar-refractivity contribution in [3.63, 3.8) is 0 Å². The molecule has 3 rings (SSSR count). The predicted molar refractivity (Wildman–Crippen MR) is 105 cm³/mol. The number of carboxylic acids is 1. The molecule has 2 fully saturated rings. The summed E-state index contributed by atoms with van der Waals surface area (Å²) in [6.07, 6.45) is 3.83. The van der Waals surface area contributed by atoms with Gasteiger partial charge in [-0.25, -0.2) is 0 Å². The fraction of sp³-hybridized carbons (Fsp3) is 0.444. The van der Waals surface area contributed by atoms with E-state index in [0.717, 1.165) is 37.6 Å². The molecule has 6 nitrogen and oxygen atoms in total. The van der Waals surface area contributed by atoms with Crippen LogP contribution in [0.4, 0.5) is 5.69 Å². The average molecular weight is 403 g/mol. The summed E-state index contributed by atoms with van der Waals surface area (Å²) in [4.78, 5) is 26.9. The molecule has 0 aliphatic carbocycles. The standard InChI is InChI=1S/C18H22N2O4.2ClH/c21-17(20-8-7-15(13-20)18(22)23)6-3-14-1-4-16(5-2-14)19-9-11-24-12-10-19;;/h1-6,15H,7-13H2,(H,22,23);2*1H/b6-3+;;. The van der Waals surface area contributed by atoms with Gasteiger partial charge in [0, 0.05) is 37.9 Å². The Kier molecular flexibility index (Phi) is 8.92. The molecule has 8 heteroatoms. The number of rotatable bonds is 4. The number of nitrogens with zero attached hydrogens (tertiary/aromatic N) is 2. The van der Waals surface area contributed by atoms with Crippen molar-refractivity contribution >= 4 is 48.5 Å². The van der Waals surface area contributed by atoms with Gasteiger partial charge in [0.1, 0.15) is 0 Å². The van der Waals surface area contributed by atoms with E-state index in [9.17, 15) is 9.59 Å². The second-order valence-corrected chi connectivity index (χ2v) is 6.13. The quantitative estimate of drug-likeness (QED) is 0.782. The molecule has 0 radical (unpaired) electrons. The molecule has 2 heterocycles. The van der Waals surface area contributed by atoms with Crippen molar-refractivity contribution in [2.45, 2.75) is 6.42 Å². The van der Waals surface area contributed by atoms with E-state index in [-0.39, 0.29) is 30.7 Å². The van der Waals surface area contributed by atoms with Gasteiger partial charge in [0.2, 0.25) is 5.91 Å². The van der Waals surface area contributed by atoms with Crippen molar-refractivity contribution in [1.29, 1.82) is 0 Å². The number of halogens is 2. The Morgan fingerprint density at radius 1 is 1.08 bits per heavy atom. The van der Waals surface area contributed by atoms with Crippen LogP contribution in [0.1, 0.15) is 12.0 Å². The first-order chi connectivity index (χ1) is 11.6. The van der Waals surface area contributed by atoms with Crippen LogP contribution in [-0.2, 0) is 14.3 Å². The molecule has 1 amide bonds. The highest BCUT2D eigenvalue weighted by Gasteiger charge is 2.29. The lowest BCUT2D eigenvalue weighted by atomic mass is 10.1. The third kappa shape index (κ3) is 5.62. The molecule has 26 heavy (non-hydrogen) atoms. The van der Waals surface area contributed by atoms with Gasteiger partial charge in [0.15, 0.2) is 0 Å². The number of hydrogen-bond acceptors (Lipinski definition) is 4. The number of anilines is 1. The Bertz CT molecular complexity index is 631. The highest BCUT2D eigenvalue weighted by Crippen LogP contribution is 2.19. The maximum atomic E-state index is 12.1. The van der Waals surface area contributed by atoms with Gasteiger partial charge in [-0.2, -0.15) is 0 Å². The molecule has 144 valence electrons. The summed E-state index contributed by atoms with van der Waals surface area (Å²) < 4.78 is 5.35. The van der Waals surface area contributed by atoms with Crippen molar-refractivity contribution in [3.8, 4) is 0 Å². The minimum absolute atomic E-state index is 0. The number of morpholine rings is 1. The summed E-state index contributed by atoms with van der Waals surface area (Å²) >= 11 is 0. The Morgan fingerprint density at radius 2 is 1.73 bits per heavy atom. The minimum atomic E-state index is -0.826. The zero-order valence-corrected chi connectivity index (χ0v) is 16.0. The lowest BCUT2D eigenvalue weighted by Gasteiger charge is -2.28. The van der Waals surface area contributed by atoms with E-state index in [4.69, 9.17) is 9.84 Å². The molecule has 1 aromatic rings. The Hall–Kier alpha value is -1.76. The van der Waals surface area contributed by atoms with Crippen LogP contribution in [0, 0.1) is 5.92 Å². The molecule has 2 aliphatic rings. The number of carbonyl (C=O) groups is 2. The van der Waals surface area contributed by atoms with Crippen LogP contribution < -0.4 is 4.90 Å². The lowest BCUT2D eigenvalue weighted by molar-refractivity contribution is -0.141. The molecule has 2 saturated heterocycles. The van der Waals surface area contributed by atoms with Gasteiger partial charge >= 0.3 is 5.97 Å². The van der Waals surface area contributed by atoms with Gasteiger partial charge in [-0.3, -0.25) is 9.59 Å². The van der Waals surface area contributed by atoms with Gasteiger partial charge in [-0.05, 0) is 30.2 Å². The lowest BCUT2D eigenvalue weighted by Crippen LogP contribution is -2.36. The number of benzene rings is 1. The smallest absolute Gasteiger partial charge is 0.308 e. The molecular weight excluding hydrogens is 379 g/mol. The topological polar surface area (TPSA) is 70.1 Å². The van der Waals surface area contributed by atoms with E-state index in [2.05, 4.69) is 4.90 Å². The normalized spacial score (nSPS) is 19.8. The van der Waals surface area contributed by atoms with E-state index >= 15 is 0 Å². The molecule has 2 aliphatic heterocycles. The van der Waals surface area contributed by atoms with Crippen LogP contribution in [0.15, 0.2) is 30.3 Å². The highest BCUT2D eigenvalue weighted by atomic mass is 35.5. The summed E-state index contributed by atoms with van der Waals surface area (Å²) in [5.74, 6) is -1.39. The van der Waals surface area contributed by atoms with Gasteiger partial charge in [-0.15, -0.1) is 24.8 Å². The molecule has 0 saturated carbocycles. The summed E-state index contributed by atoms with van der Waals surface area (Å²) in [5, 5.41) is 8.99. The van der Waals surface area contributed by atoms with Crippen molar-refractivity contribution in [2.24, 2.45) is 5.92 Å². The number of amides is 1. The summed E-state index contributed by atoms with van der Waals surface area (Å²) in [7, 11) is 0. The molecule has 1 atom stereocenters. The Morgan fingerprint density at radius 3 is 2.31 bits per heavy atom. The second kappa shape index (κ2) is 10.4. The largest absolute Gasteiger partial charge is 0.481 e. The number of likely N-dealkylation sites (tertiary alicyclic amines) is 1. The monoisotopic (exact) mass is 402 g/mol. The van der Waals surface area contributed by atoms with Crippen molar-refractivity contribution in [1.82, 2.24) is 4.90 Å². The number of carbonyl (C=O) groups excluding carboxylic acids is 1. The third-order valence-corrected chi connectivity index (χ3v) is 4.54. The van der Waals surface area contributed by atoms with Crippen LogP contribution in [-0.4, -0.2) is 61.3 Å². The number of aliphatic carboxylic acids is 1. The zero-order chi connectivity index (χ0) is 16.9. The van der Waals surface area contributed by atoms with Crippen LogP contribution in [0.2, 0.25) is 0 Å². The fourth-order valence-corrected chi connectivity index (χ4v) is 3.05. The molecule has 0 aromatic heterocycles. The van der Waals surface area contributed by atoms with E-state index in [0.29, 0.717) is 19.5 Å². The number of ether oxygens (including phenoxy) is 1. The molecule has 0 bridgehead atoms. The maximum absolute atomic E-state index is 12.1. The van der Waals surface area contributed by atoms with Crippen LogP contribution in [0.25, 0.3) is 6.08 Å². The Balaban J connectivity index is 0.00000169. The third-order valence-electron chi connectivity index (χ3n) is 4.54. The van der Waals surface area contributed by atoms with Gasteiger partial charge in [0.05, 0.1) is 19.1 Å². The van der Waals surface area contributed by atoms with Crippen molar-refractivity contribution < 1.29 is 19.4 Å². The van der Waals surface area contributed by atoms with E-state index in [1.54, 1.807) is 11.0 Å². The minimum Gasteiger partial charge on any atom is -0.481 e. The van der Waals surface area contributed by atoms with Gasteiger partial charge < -0.3 is 19.6 Å².